The largest absolute Gasteiger partial charge is 0.497 e. The Balaban J connectivity index is 2.09. The Bertz CT molecular complexity index is 970. The number of carbonyl (C=O) groups is 2. The number of hydrogen-bond donors (Lipinski definition) is 1. The van der Waals surface area contributed by atoms with Crippen LogP contribution in [-0.4, -0.2) is 52.9 Å². The molecule has 0 unspecified atom stereocenters. The fourth-order valence-electron chi connectivity index (χ4n) is 2.49. The van der Waals surface area contributed by atoms with E-state index in [1.54, 1.807) is 24.3 Å². The molecule has 0 aliphatic carbocycles. The smallest absolute Gasteiger partial charge is 0.239 e. The molecule has 0 aromatic heterocycles. The number of rotatable bonds is 9. The highest BCUT2D eigenvalue weighted by Gasteiger charge is 2.24. The number of ether oxygens (including phenoxy) is 3. The number of hydrogen-bond acceptors (Lipinski definition) is 7. The van der Waals surface area contributed by atoms with Gasteiger partial charge >= 0.3 is 0 Å². The lowest BCUT2D eigenvalue weighted by atomic mass is 10.1. The number of anilines is 1. The molecule has 1 N–H and O–H groups in total. The van der Waals surface area contributed by atoms with Gasteiger partial charge in [-0.15, -0.1) is 0 Å². The molecule has 0 saturated carbocycles. The molecule has 0 radical (unpaired) electrons. The molecule has 9 heteroatoms. The zero-order chi connectivity index (χ0) is 20.7. The molecule has 8 nitrogen and oxygen atoms in total. The topological polar surface area (TPSA) is 108 Å². The van der Waals surface area contributed by atoms with Gasteiger partial charge in [-0.25, -0.2) is 8.42 Å². The fourth-order valence-corrected chi connectivity index (χ4v) is 3.62. The fraction of sp³-hybridized carbons (Fsp3) is 0.263. The van der Waals surface area contributed by atoms with E-state index in [-0.39, 0.29) is 11.3 Å². The highest BCUT2D eigenvalue weighted by atomic mass is 32.2. The maximum Gasteiger partial charge on any atom is 0.239 e. The van der Waals surface area contributed by atoms with Crippen LogP contribution in [0.3, 0.4) is 0 Å². The van der Waals surface area contributed by atoms with Crippen molar-refractivity contribution in [1.29, 1.82) is 0 Å². The van der Waals surface area contributed by atoms with Gasteiger partial charge in [-0.3, -0.25) is 9.59 Å². The summed E-state index contributed by atoms with van der Waals surface area (Å²) in [5.74, 6) is -2.05. The molecule has 0 heterocycles. The molecule has 0 spiro atoms. The lowest BCUT2D eigenvalue weighted by molar-refractivity contribution is -0.113. The molecule has 0 aliphatic rings. The average molecular weight is 407 g/mol. The molecular formula is C19H21NO7S. The van der Waals surface area contributed by atoms with E-state index in [0.29, 0.717) is 17.2 Å². The maximum atomic E-state index is 12.4. The number of Topliss-reactive ketones (excluding diaryl/α,β-unsaturated/α-hetero) is 1. The van der Waals surface area contributed by atoms with Crippen molar-refractivity contribution in [2.45, 2.75) is 0 Å². The van der Waals surface area contributed by atoms with Crippen LogP contribution >= 0.6 is 0 Å². The van der Waals surface area contributed by atoms with Crippen LogP contribution < -0.4 is 19.5 Å². The number of benzene rings is 2. The monoisotopic (exact) mass is 407 g/mol. The van der Waals surface area contributed by atoms with E-state index in [9.17, 15) is 18.0 Å². The van der Waals surface area contributed by atoms with Crippen molar-refractivity contribution in [2.24, 2.45) is 0 Å². The second kappa shape index (κ2) is 9.23. The van der Waals surface area contributed by atoms with E-state index >= 15 is 0 Å². The minimum absolute atomic E-state index is 0.0945. The molecule has 0 atom stereocenters. The third-order valence-corrected chi connectivity index (χ3v) is 5.20. The number of carbonyl (C=O) groups excluding carboxylic acids is 2. The number of para-hydroxylation sites is 2. The lowest BCUT2D eigenvalue weighted by Gasteiger charge is -2.11. The van der Waals surface area contributed by atoms with Crippen LogP contribution in [0.4, 0.5) is 5.69 Å². The summed E-state index contributed by atoms with van der Waals surface area (Å²) in [5.41, 5.74) is 0.436. The molecular weight excluding hydrogens is 386 g/mol. The van der Waals surface area contributed by atoms with Gasteiger partial charge < -0.3 is 19.5 Å². The lowest BCUT2D eigenvalue weighted by Crippen LogP contribution is -2.28. The molecule has 0 aliphatic heterocycles. The van der Waals surface area contributed by atoms with Crippen molar-refractivity contribution < 1.29 is 32.2 Å². The Hall–Kier alpha value is -3.07. The molecule has 2 rings (SSSR count). The quantitative estimate of drug-likeness (QED) is 0.633. The second-order valence-corrected chi connectivity index (χ2v) is 7.83. The number of ketones is 1. The van der Waals surface area contributed by atoms with Crippen molar-refractivity contribution in [1.82, 2.24) is 0 Å². The Labute approximate surface area is 163 Å². The number of nitrogens with one attached hydrogen (secondary N) is 1. The minimum atomic E-state index is -4.00. The SMILES string of the molecule is COc1ccc(C(=O)CS(=O)(=O)CC(=O)Nc2ccccc2OC)c(OC)c1. The van der Waals surface area contributed by atoms with Crippen molar-refractivity contribution in [3.63, 3.8) is 0 Å². The van der Waals surface area contributed by atoms with Crippen molar-refractivity contribution in [3.8, 4) is 17.2 Å². The van der Waals surface area contributed by atoms with Crippen LogP contribution in [-0.2, 0) is 14.6 Å². The zero-order valence-electron chi connectivity index (χ0n) is 15.7. The third-order valence-electron chi connectivity index (χ3n) is 3.79. The Kier molecular flexibility index (Phi) is 7.00. The summed E-state index contributed by atoms with van der Waals surface area (Å²) in [7, 11) is 0.257. The molecule has 2 aromatic rings. The van der Waals surface area contributed by atoms with Gasteiger partial charge in [0.2, 0.25) is 5.91 Å². The van der Waals surface area contributed by atoms with E-state index < -0.39 is 33.0 Å². The molecule has 0 saturated heterocycles. The third kappa shape index (κ3) is 5.46. The van der Waals surface area contributed by atoms with Crippen LogP contribution in [0.1, 0.15) is 10.4 Å². The van der Waals surface area contributed by atoms with Crippen molar-refractivity contribution >= 4 is 27.2 Å². The summed E-state index contributed by atoms with van der Waals surface area (Å²) in [6.45, 7) is 0. The summed E-state index contributed by atoms with van der Waals surface area (Å²) >= 11 is 0. The van der Waals surface area contributed by atoms with Gasteiger partial charge in [0.25, 0.3) is 0 Å². The Morgan fingerprint density at radius 2 is 1.57 bits per heavy atom. The van der Waals surface area contributed by atoms with Crippen LogP contribution in [0.15, 0.2) is 42.5 Å². The molecule has 28 heavy (non-hydrogen) atoms. The van der Waals surface area contributed by atoms with E-state index in [1.165, 1.54) is 39.5 Å². The zero-order valence-corrected chi connectivity index (χ0v) is 16.5. The molecule has 150 valence electrons. The van der Waals surface area contributed by atoms with Crippen LogP contribution in [0.5, 0.6) is 17.2 Å². The number of sulfone groups is 1. The van der Waals surface area contributed by atoms with Gasteiger partial charge in [0, 0.05) is 6.07 Å². The molecule has 0 bridgehead atoms. The number of methoxy groups -OCH3 is 3. The van der Waals surface area contributed by atoms with Crippen LogP contribution in [0.25, 0.3) is 0 Å². The van der Waals surface area contributed by atoms with Crippen LogP contribution in [0.2, 0.25) is 0 Å². The summed E-state index contributed by atoms with van der Waals surface area (Å²) in [5, 5.41) is 2.47. The van der Waals surface area contributed by atoms with Gasteiger partial charge in [0.15, 0.2) is 15.6 Å². The van der Waals surface area contributed by atoms with E-state index in [2.05, 4.69) is 5.32 Å². The maximum absolute atomic E-state index is 12.4. The van der Waals surface area contributed by atoms with Crippen molar-refractivity contribution in [3.05, 3.63) is 48.0 Å². The summed E-state index contributed by atoms with van der Waals surface area (Å²) in [6, 6.07) is 11.0. The highest BCUT2D eigenvalue weighted by Crippen LogP contribution is 2.26. The predicted molar refractivity (Wildman–Crippen MR) is 104 cm³/mol. The Morgan fingerprint density at radius 3 is 2.21 bits per heavy atom. The Morgan fingerprint density at radius 1 is 0.893 bits per heavy atom. The average Bonchev–Trinajstić information content (AvgIpc) is 2.66. The first-order chi connectivity index (χ1) is 13.3. The van der Waals surface area contributed by atoms with Crippen molar-refractivity contribution in [2.75, 3.05) is 38.2 Å². The normalized spacial score (nSPS) is 10.8. The predicted octanol–water partition coefficient (Wildman–Crippen LogP) is 1.95. The first kappa shape index (κ1) is 21.2. The van der Waals surface area contributed by atoms with E-state index in [0.717, 1.165) is 0 Å². The summed E-state index contributed by atoms with van der Waals surface area (Å²) in [4.78, 5) is 24.6. The first-order valence-corrected chi connectivity index (χ1v) is 10.00. The standard InChI is InChI=1S/C19H21NO7S/c1-25-13-8-9-14(18(10-13)27-3)16(21)11-28(23,24)12-19(22)20-15-6-4-5-7-17(15)26-2/h4-10H,11-12H2,1-3H3,(H,20,22). The second-order valence-electron chi connectivity index (χ2n) is 5.77. The van der Waals surface area contributed by atoms with Gasteiger partial charge in [0.05, 0.1) is 32.6 Å². The van der Waals surface area contributed by atoms with Gasteiger partial charge in [-0.05, 0) is 24.3 Å². The van der Waals surface area contributed by atoms with Gasteiger partial charge in [0.1, 0.15) is 28.8 Å². The van der Waals surface area contributed by atoms with Gasteiger partial charge in [-0.2, -0.15) is 0 Å². The molecule has 1 amide bonds. The van der Waals surface area contributed by atoms with Crippen LogP contribution in [0, 0.1) is 0 Å². The van der Waals surface area contributed by atoms with E-state index in [4.69, 9.17) is 14.2 Å². The molecule has 0 fully saturated rings. The van der Waals surface area contributed by atoms with E-state index in [1.807, 2.05) is 0 Å². The molecule has 2 aromatic carbocycles. The first-order valence-electron chi connectivity index (χ1n) is 8.18. The minimum Gasteiger partial charge on any atom is -0.497 e. The summed E-state index contributed by atoms with van der Waals surface area (Å²) in [6.07, 6.45) is 0. The highest BCUT2D eigenvalue weighted by molar-refractivity contribution is 7.92. The number of amides is 1. The summed E-state index contributed by atoms with van der Waals surface area (Å²) < 4.78 is 39.9. The van der Waals surface area contributed by atoms with Gasteiger partial charge in [-0.1, -0.05) is 12.1 Å².